The molecule has 0 saturated heterocycles. The molecule has 1 aromatic carbocycles. The lowest BCUT2D eigenvalue weighted by Crippen LogP contribution is -2.41. The van der Waals surface area contributed by atoms with Crippen molar-refractivity contribution in [1.29, 1.82) is 0 Å². The van der Waals surface area contributed by atoms with Crippen molar-refractivity contribution in [3.05, 3.63) is 85.0 Å². The number of rotatable bonds is 4. The van der Waals surface area contributed by atoms with E-state index in [2.05, 4.69) is 10.4 Å². The molecule has 0 aliphatic carbocycles. The molecule has 1 amide bonds. The Morgan fingerprint density at radius 3 is 2.60 bits per heavy atom. The quantitative estimate of drug-likeness (QED) is 0.528. The summed E-state index contributed by atoms with van der Waals surface area (Å²) in [6.45, 7) is 1.56. The number of thiophene rings is 1. The fourth-order valence-corrected chi connectivity index (χ4v) is 4.20. The normalized spacial score (nSPS) is 11.0. The van der Waals surface area contributed by atoms with Gasteiger partial charge in [-0.3, -0.25) is 28.9 Å². The number of benzene rings is 1. The van der Waals surface area contributed by atoms with Gasteiger partial charge in [-0.2, -0.15) is 0 Å². The second-order valence-electron chi connectivity index (χ2n) is 6.66. The van der Waals surface area contributed by atoms with Gasteiger partial charge in [0, 0.05) is 29.8 Å². The summed E-state index contributed by atoms with van der Waals surface area (Å²) in [5, 5.41) is 0.422. The van der Waals surface area contributed by atoms with Crippen LogP contribution in [0.5, 0.6) is 0 Å². The molecule has 30 heavy (non-hydrogen) atoms. The van der Waals surface area contributed by atoms with Crippen LogP contribution in [0.15, 0.2) is 63.3 Å². The molecule has 152 valence electrons. The van der Waals surface area contributed by atoms with E-state index in [1.807, 2.05) is 37.3 Å². The monoisotopic (exact) mass is 423 g/mol. The van der Waals surface area contributed by atoms with Crippen molar-refractivity contribution >= 4 is 27.5 Å². The Labute approximate surface area is 173 Å². The Kier molecular flexibility index (Phi) is 4.92. The van der Waals surface area contributed by atoms with Crippen molar-refractivity contribution in [2.24, 2.45) is 7.05 Å². The summed E-state index contributed by atoms with van der Waals surface area (Å²) < 4.78 is 2.99. The van der Waals surface area contributed by atoms with Crippen molar-refractivity contribution in [3.8, 4) is 11.1 Å². The first-order valence-electron chi connectivity index (χ1n) is 8.99. The number of fused-ring (bicyclic) bond motifs is 1. The van der Waals surface area contributed by atoms with Crippen molar-refractivity contribution in [3.63, 3.8) is 0 Å². The minimum absolute atomic E-state index is 0.356. The number of hydrogen-bond donors (Lipinski definition) is 1. The van der Waals surface area contributed by atoms with Gasteiger partial charge in [-0.05, 0) is 12.5 Å². The average Bonchev–Trinajstić information content (AvgIpc) is 3.08. The molecule has 3 heterocycles. The van der Waals surface area contributed by atoms with E-state index < -0.39 is 22.7 Å². The molecular formula is C20H17N5O4S. The van der Waals surface area contributed by atoms with Gasteiger partial charge in [-0.25, -0.2) is 14.5 Å². The van der Waals surface area contributed by atoms with Gasteiger partial charge in [0.2, 0.25) is 0 Å². The fourth-order valence-electron chi connectivity index (χ4n) is 3.20. The Morgan fingerprint density at radius 2 is 1.87 bits per heavy atom. The molecule has 0 aliphatic heterocycles. The van der Waals surface area contributed by atoms with Crippen LogP contribution >= 0.6 is 11.3 Å². The topological polar surface area (TPSA) is 108 Å². The molecule has 10 heteroatoms. The first kappa shape index (κ1) is 19.5. The molecule has 0 fully saturated rings. The highest BCUT2D eigenvalue weighted by molar-refractivity contribution is 7.19. The van der Waals surface area contributed by atoms with E-state index in [9.17, 15) is 19.2 Å². The smallest absolute Gasteiger partial charge is 0.291 e. The highest BCUT2D eigenvalue weighted by Gasteiger charge is 2.17. The van der Waals surface area contributed by atoms with E-state index >= 15 is 0 Å². The maximum Gasteiger partial charge on any atom is 0.331 e. The van der Waals surface area contributed by atoms with E-state index in [-0.39, 0.29) is 6.54 Å². The van der Waals surface area contributed by atoms with Gasteiger partial charge >= 0.3 is 5.69 Å². The minimum Gasteiger partial charge on any atom is -0.291 e. The van der Waals surface area contributed by atoms with Gasteiger partial charge in [-0.1, -0.05) is 30.3 Å². The number of aryl methyl sites for hydroxylation is 1. The molecule has 0 unspecified atom stereocenters. The van der Waals surface area contributed by atoms with Crippen LogP contribution in [0.25, 0.3) is 21.3 Å². The summed E-state index contributed by atoms with van der Waals surface area (Å²) in [5.41, 5.74) is 2.63. The predicted octanol–water partition coefficient (Wildman–Crippen LogP) is 1.06. The van der Waals surface area contributed by atoms with E-state index in [1.54, 1.807) is 0 Å². The Balaban J connectivity index is 1.71. The summed E-state index contributed by atoms with van der Waals surface area (Å²) in [4.78, 5) is 54.9. The number of nitrogens with zero attached hydrogens (tertiary/aromatic N) is 4. The van der Waals surface area contributed by atoms with Crippen LogP contribution in [0, 0.1) is 6.92 Å². The predicted molar refractivity (Wildman–Crippen MR) is 114 cm³/mol. The van der Waals surface area contributed by atoms with Gasteiger partial charge in [0.1, 0.15) is 17.7 Å². The number of aromatic nitrogens is 4. The fraction of sp³-hybridized carbons (Fsp3) is 0.150. The molecule has 4 rings (SSSR count). The van der Waals surface area contributed by atoms with E-state index in [0.717, 1.165) is 29.8 Å². The SMILES string of the molecule is Cc1sc2ncn(NC(=O)Cn3ccc(=O)n(C)c3=O)c(=O)c2c1-c1ccccc1. The third kappa shape index (κ3) is 3.37. The Bertz CT molecular complexity index is 1450. The van der Waals surface area contributed by atoms with Crippen LogP contribution in [0.3, 0.4) is 0 Å². The lowest BCUT2D eigenvalue weighted by Gasteiger charge is -2.10. The van der Waals surface area contributed by atoms with Gasteiger partial charge < -0.3 is 0 Å². The van der Waals surface area contributed by atoms with Crippen molar-refractivity contribution < 1.29 is 4.79 Å². The Hall–Kier alpha value is -3.79. The summed E-state index contributed by atoms with van der Waals surface area (Å²) in [7, 11) is 1.32. The highest BCUT2D eigenvalue weighted by atomic mass is 32.1. The summed E-state index contributed by atoms with van der Waals surface area (Å²) in [6, 6.07) is 10.7. The number of amides is 1. The molecular weight excluding hydrogens is 406 g/mol. The molecule has 1 N–H and O–H groups in total. The van der Waals surface area contributed by atoms with E-state index in [0.29, 0.717) is 10.2 Å². The summed E-state index contributed by atoms with van der Waals surface area (Å²) >= 11 is 1.41. The molecule has 0 aliphatic rings. The van der Waals surface area contributed by atoms with E-state index in [1.165, 1.54) is 37.0 Å². The number of carbonyl (C=O) groups is 1. The molecule has 9 nitrogen and oxygen atoms in total. The zero-order valence-corrected chi connectivity index (χ0v) is 17.0. The lowest BCUT2D eigenvalue weighted by atomic mass is 10.0. The molecule has 0 radical (unpaired) electrons. The largest absolute Gasteiger partial charge is 0.331 e. The van der Waals surface area contributed by atoms with Crippen molar-refractivity contribution in [2.75, 3.05) is 5.43 Å². The van der Waals surface area contributed by atoms with Gasteiger partial charge in [0.25, 0.3) is 17.0 Å². The van der Waals surface area contributed by atoms with E-state index in [4.69, 9.17) is 0 Å². The highest BCUT2D eigenvalue weighted by Crippen LogP contribution is 2.35. The third-order valence-corrected chi connectivity index (χ3v) is 5.68. The second kappa shape index (κ2) is 7.56. The van der Waals surface area contributed by atoms with Crippen LogP contribution < -0.4 is 22.2 Å². The van der Waals surface area contributed by atoms with Crippen LogP contribution in [0.2, 0.25) is 0 Å². The summed E-state index contributed by atoms with van der Waals surface area (Å²) in [5.74, 6) is -0.604. The maximum absolute atomic E-state index is 13.1. The molecule has 0 bridgehead atoms. The second-order valence-corrected chi connectivity index (χ2v) is 7.86. The van der Waals surface area contributed by atoms with Crippen LogP contribution in [-0.2, 0) is 18.4 Å². The maximum atomic E-state index is 13.1. The molecule has 3 aromatic heterocycles. The average molecular weight is 423 g/mol. The van der Waals surface area contributed by atoms with Gasteiger partial charge in [0.05, 0.1) is 5.39 Å². The number of hydrogen-bond acceptors (Lipinski definition) is 6. The standard InChI is InChI=1S/C20H17N5O4S/c1-12-16(13-6-4-3-5-7-13)17-18(30-12)21-11-25(19(17)28)22-14(26)10-24-9-8-15(27)23(2)20(24)29/h3-9,11H,10H2,1-2H3,(H,22,26). The molecule has 0 spiro atoms. The Morgan fingerprint density at radius 1 is 1.13 bits per heavy atom. The molecule has 0 saturated carbocycles. The van der Waals surface area contributed by atoms with Crippen LogP contribution in [0.1, 0.15) is 4.88 Å². The van der Waals surface area contributed by atoms with Crippen LogP contribution in [0.4, 0.5) is 0 Å². The lowest BCUT2D eigenvalue weighted by molar-refractivity contribution is -0.117. The van der Waals surface area contributed by atoms with Crippen molar-refractivity contribution in [1.82, 2.24) is 18.8 Å². The first-order chi connectivity index (χ1) is 14.4. The van der Waals surface area contributed by atoms with Crippen molar-refractivity contribution in [2.45, 2.75) is 13.5 Å². The third-order valence-electron chi connectivity index (χ3n) is 4.67. The first-order valence-corrected chi connectivity index (χ1v) is 9.81. The van der Waals surface area contributed by atoms with Gasteiger partial charge in [0.15, 0.2) is 0 Å². The zero-order chi connectivity index (χ0) is 21.4. The number of nitrogens with one attached hydrogen (secondary N) is 1. The van der Waals surface area contributed by atoms with Crippen LogP contribution in [-0.4, -0.2) is 24.7 Å². The summed E-state index contributed by atoms with van der Waals surface area (Å²) in [6.07, 6.45) is 2.49. The number of carbonyl (C=O) groups excluding carboxylic acids is 1. The zero-order valence-electron chi connectivity index (χ0n) is 16.2. The molecule has 4 aromatic rings. The molecule has 0 atom stereocenters. The van der Waals surface area contributed by atoms with Gasteiger partial charge in [-0.15, -0.1) is 11.3 Å². The minimum atomic E-state index is -0.626.